The standard InChI is InChI=1S/C8H12N2O3S/c1-6(14(9,11)12)7-4-3-5-10-8(7)13-2/h3-6H,1-2H3,(H2,9,11,12). The minimum Gasteiger partial charge on any atom is -0.481 e. The molecule has 78 valence electrons. The number of hydrogen-bond acceptors (Lipinski definition) is 4. The molecule has 6 heteroatoms. The van der Waals surface area contributed by atoms with Crippen molar-refractivity contribution in [2.75, 3.05) is 7.11 Å². The van der Waals surface area contributed by atoms with Crippen LogP contribution in [-0.2, 0) is 10.0 Å². The molecular weight excluding hydrogens is 204 g/mol. The number of sulfonamides is 1. The molecule has 14 heavy (non-hydrogen) atoms. The number of ether oxygens (including phenoxy) is 1. The van der Waals surface area contributed by atoms with Crippen LogP contribution in [0.2, 0.25) is 0 Å². The summed E-state index contributed by atoms with van der Waals surface area (Å²) in [5, 5.41) is 4.21. The lowest BCUT2D eigenvalue weighted by molar-refractivity contribution is 0.392. The molecule has 0 aromatic carbocycles. The van der Waals surface area contributed by atoms with Gasteiger partial charge in [0, 0.05) is 11.8 Å². The van der Waals surface area contributed by atoms with E-state index in [4.69, 9.17) is 9.88 Å². The van der Waals surface area contributed by atoms with Crippen LogP contribution in [0.1, 0.15) is 17.7 Å². The average Bonchev–Trinajstić information content (AvgIpc) is 2.15. The smallest absolute Gasteiger partial charge is 0.217 e. The molecule has 1 rings (SSSR count). The summed E-state index contributed by atoms with van der Waals surface area (Å²) in [7, 11) is -2.18. The monoisotopic (exact) mass is 216 g/mol. The average molecular weight is 216 g/mol. The lowest BCUT2D eigenvalue weighted by Crippen LogP contribution is -2.19. The number of methoxy groups -OCH3 is 1. The second-order valence-electron chi connectivity index (χ2n) is 2.83. The SMILES string of the molecule is COc1ncccc1C(C)S(N)(=O)=O. The van der Waals surface area contributed by atoms with Gasteiger partial charge in [-0.15, -0.1) is 0 Å². The number of hydrogen-bond donors (Lipinski definition) is 1. The van der Waals surface area contributed by atoms with Gasteiger partial charge < -0.3 is 4.74 Å². The summed E-state index contributed by atoms with van der Waals surface area (Å²) >= 11 is 0. The van der Waals surface area contributed by atoms with Gasteiger partial charge >= 0.3 is 0 Å². The maximum atomic E-state index is 11.1. The van der Waals surface area contributed by atoms with E-state index in [9.17, 15) is 8.42 Å². The van der Waals surface area contributed by atoms with Crippen molar-refractivity contribution in [3.63, 3.8) is 0 Å². The molecule has 1 aromatic heterocycles. The highest BCUT2D eigenvalue weighted by Crippen LogP contribution is 2.26. The van der Waals surface area contributed by atoms with E-state index in [1.165, 1.54) is 20.2 Å². The van der Waals surface area contributed by atoms with E-state index in [0.29, 0.717) is 5.56 Å². The van der Waals surface area contributed by atoms with Crippen LogP contribution in [-0.4, -0.2) is 20.5 Å². The predicted molar refractivity (Wildman–Crippen MR) is 52.3 cm³/mol. The van der Waals surface area contributed by atoms with Gasteiger partial charge in [0.25, 0.3) is 0 Å². The fourth-order valence-electron chi connectivity index (χ4n) is 1.06. The van der Waals surface area contributed by atoms with Crippen molar-refractivity contribution >= 4 is 10.0 Å². The molecule has 1 atom stereocenters. The molecule has 5 nitrogen and oxygen atoms in total. The first-order valence-electron chi connectivity index (χ1n) is 3.97. The summed E-state index contributed by atoms with van der Waals surface area (Å²) in [4.78, 5) is 3.89. The maximum Gasteiger partial charge on any atom is 0.217 e. The Balaban J connectivity index is 3.19. The summed E-state index contributed by atoms with van der Waals surface area (Å²) in [6.07, 6.45) is 1.53. The molecule has 2 N–H and O–H groups in total. The largest absolute Gasteiger partial charge is 0.481 e. The molecule has 1 unspecified atom stereocenters. The van der Waals surface area contributed by atoms with Crippen molar-refractivity contribution in [3.8, 4) is 5.88 Å². The van der Waals surface area contributed by atoms with Gasteiger partial charge in [0.2, 0.25) is 15.9 Å². The summed E-state index contributed by atoms with van der Waals surface area (Å²) in [6.45, 7) is 1.49. The normalized spacial score (nSPS) is 13.6. The molecule has 0 spiro atoms. The van der Waals surface area contributed by atoms with Crippen molar-refractivity contribution in [2.24, 2.45) is 5.14 Å². The first-order chi connectivity index (χ1) is 6.46. The van der Waals surface area contributed by atoms with Crippen LogP contribution in [0.3, 0.4) is 0 Å². The van der Waals surface area contributed by atoms with Crippen molar-refractivity contribution in [1.29, 1.82) is 0 Å². The molecule has 0 bridgehead atoms. The summed E-state index contributed by atoms with van der Waals surface area (Å²) < 4.78 is 27.1. The van der Waals surface area contributed by atoms with Crippen LogP contribution >= 0.6 is 0 Å². The number of nitrogens with two attached hydrogens (primary N) is 1. The maximum absolute atomic E-state index is 11.1. The van der Waals surface area contributed by atoms with E-state index in [1.54, 1.807) is 12.1 Å². The van der Waals surface area contributed by atoms with Crippen LogP contribution < -0.4 is 9.88 Å². The third-order valence-electron chi connectivity index (χ3n) is 1.92. The minimum absolute atomic E-state index is 0.286. The second kappa shape index (κ2) is 3.93. The Hall–Kier alpha value is -1.14. The number of primary sulfonamides is 1. The molecule has 0 aliphatic carbocycles. The van der Waals surface area contributed by atoms with Gasteiger partial charge in [0.1, 0.15) is 5.25 Å². The molecule has 0 radical (unpaired) electrons. The van der Waals surface area contributed by atoms with Crippen molar-refractivity contribution in [3.05, 3.63) is 23.9 Å². The molecule has 0 saturated carbocycles. The summed E-state index contributed by atoms with van der Waals surface area (Å²) in [5.74, 6) is 0.286. The molecule has 0 aliphatic rings. The molecule has 0 fully saturated rings. The highest BCUT2D eigenvalue weighted by Gasteiger charge is 2.21. The van der Waals surface area contributed by atoms with Crippen molar-refractivity contribution in [2.45, 2.75) is 12.2 Å². The predicted octanol–water partition coefficient (Wildman–Crippen LogP) is 0.440. The van der Waals surface area contributed by atoms with Crippen LogP contribution in [0, 0.1) is 0 Å². The molecule has 1 aromatic rings. The van der Waals surface area contributed by atoms with Gasteiger partial charge in [-0.05, 0) is 13.0 Å². The summed E-state index contributed by atoms with van der Waals surface area (Å²) in [6, 6.07) is 3.26. The fraction of sp³-hybridized carbons (Fsp3) is 0.375. The van der Waals surface area contributed by atoms with E-state index in [-0.39, 0.29) is 5.88 Å². The third kappa shape index (κ3) is 2.21. The molecule has 0 amide bonds. The highest BCUT2D eigenvalue weighted by molar-refractivity contribution is 7.89. The number of pyridine rings is 1. The quantitative estimate of drug-likeness (QED) is 0.794. The van der Waals surface area contributed by atoms with Crippen LogP contribution in [0.4, 0.5) is 0 Å². The molecule has 0 saturated heterocycles. The zero-order chi connectivity index (χ0) is 10.8. The van der Waals surface area contributed by atoms with E-state index in [1.807, 2.05) is 0 Å². The van der Waals surface area contributed by atoms with E-state index < -0.39 is 15.3 Å². The zero-order valence-electron chi connectivity index (χ0n) is 7.97. The first-order valence-corrected chi connectivity index (χ1v) is 5.58. The lowest BCUT2D eigenvalue weighted by Gasteiger charge is -2.11. The summed E-state index contributed by atoms with van der Waals surface area (Å²) in [5.41, 5.74) is 0.470. The first kappa shape index (κ1) is 10.9. The van der Waals surface area contributed by atoms with E-state index in [2.05, 4.69) is 4.98 Å². The van der Waals surface area contributed by atoms with Gasteiger partial charge in [-0.2, -0.15) is 0 Å². The third-order valence-corrected chi connectivity index (χ3v) is 3.16. The van der Waals surface area contributed by atoms with Crippen molar-refractivity contribution in [1.82, 2.24) is 4.98 Å². The Bertz CT molecular complexity index is 416. The lowest BCUT2D eigenvalue weighted by atomic mass is 10.2. The van der Waals surface area contributed by atoms with Gasteiger partial charge in [-0.25, -0.2) is 18.5 Å². The van der Waals surface area contributed by atoms with E-state index in [0.717, 1.165) is 0 Å². The number of aromatic nitrogens is 1. The number of nitrogens with zero attached hydrogens (tertiary/aromatic N) is 1. The topological polar surface area (TPSA) is 82.3 Å². The minimum atomic E-state index is -3.61. The molecule has 1 heterocycles. The Kier molecular flexibility index (Phi) is 3.07. The Morgan fingerprint density at radius 3 is 2.71 bits per heavy atom. The Morgan fingerprint density at radius 2 is 2.21 bits per heavy atom. The highest BCUT2D eigenvalue weighted by atomic mass is 32.2. The van der Waals surface area contributed by atoms with Gasteiger partial charge in [0.05, 0.1) is 7.11 Å². The van der Waals surface area contributed by atoms with Crippen LogP contribution in [0.15, 0.2) is 18.3 Å². The van der Waals surface area contributed by atoms with Crippen molar-refractivity contribution < 1.29 is 13.2 Å². The van der Waals surface area contributed by atoms with Gasteiger partial charge in [0.15, 0.2) is 0 Å². The Labute approximate surface area is 83.0 Å². The molecular formula is C8H12N2O3S. The van der Waals surface area contributed by atoms with Crippen LogP contribution in [0.5, 0.6) is 5.88 Å². The fourth-order valence-corrected chi connectivity index (χ4v) is 1.59. The Morgan fingerprint density at radius 1 is 1.57 bits per heavy atom. The molecule has 0 aliphatic heterocycles. The second-order valence-corrected chi connectivity index (χ2v) is 4.72. The van der Waals surface area contributed by atoms with Crippen LogP contribution in [0.25, 0.3) is 0 Å². The van der Waals surface area contributed by atoms with Gasteiger partial charge in [-0.1, -0.05) is 6.07 Å². The zero-order valence-corrected chi connectivity index (χ0v) is 8.78. The van der Waals surface area contributed by atoms with E-state index >= 15 is 0 Å². The number of rotatable bonds is 3. The van der Waals surface area contributed by atoms with Gasteiger partial charge in [-0.3, -0.25) is 0 Å².